The zero-order valence-corrected chi connectivity index (χ0v) is 15.2. The minimum atomic E-state index is -0.143. The standard InChI is InChI=1S/C20H17N3O2S/c1-12(2)18-15(17-4-3-9-25-17)10-14(19(24)23-18)16-11-26-20(22-16)13-5-7-21-8-6-13/h3-12H,1-2H3,(H,23,24). The molecule has 0 aliphatic carbocycles. The first-order chi connectivity index (χ1) is 12.6. The summed E-state index contributed by atoms with van der Waals surface area (Å²) in [6, 6.07) is 9.42. The second kappa shape index (κ2) is 6.72. The lowest BCUT2D eigenvalue weighted by atomic mass is 9.99. The Hall–Kier alpha value is -2.99. The molecule has 0 amide bonds. The van der Waals surface area contributed by atoms with Crippen LogP contribution in [-0.2, 0) is 0 Å². The lowest BCUT2D eigenvalue weighted by Crippen LogP contribution is -2.14. The van der Waals surface area contributed by atoms with Crippen LogP contribution in [-0.4, -0.2) is 15.0 Å². The van der Waals surface area contributed by atoms with E-state index >= 15 is 0 Å². The molecule has 0 unspecified atom stereocenters. The van der Waals surface area contributed by atoms with Crippen molar-refractivity contribution in [2.24, 2.45) is 0 Å². The third-order valence-electron chi connectivity index (χ3n) is 4.14. The average molecular weight is 363 g/mol. The van der Waals surface area contributed by atoms with E-state index in [1.807, 2.05) is 49.6 Å². The number of hydrogen-bond acceptors (Lipinski definition) is 5. The van der Waals surface area contributed by atoms with E-state index in [1.54, 1.807) is 18.7 Å². The van der Waals surface area contributed by atoms with Crippen molar-refractivity contribution in [2.45, 2.75) is 19.8 Å². The molecule has 26 heavy (non-hydrogen) atoms. The summed E-state index contributed by atoms with van der Waals surface area (Å²) in [4.78, 5) is 24.4. The lowest BCUT2D eigenvalue weighted by molar-refractivity contribution is 0.580. The van der Waals surface area contributed by atoms with E-state index in [1.165, 1.54) is 11.3 Å². The van der Waals surface area contributed by atoms with Crippen molar-refractivity contribution in [3.05, 3.63) is 70.4 Å². The minimum Gasteiger partial charge on any atom is -0.464 e. The Morgan fingerprint density at radius 2 is 1.96 bits per heavy atom. The van der Waals surface area contributed by atoms with Crippen LogP contribution in [0, 0.1) is 0 Å². The zero-order valence-electron chi connectivity index (χ0n) is 14.4. The maximum atomic E-state index is 12.7. The van der Waals surface area contributed by atoms with Gasteiger partial charge in [-0.25, -0.2) is 4.98 Å². The summed E-state index contributed by atoms with van der Waals surface area (Å²) in [5, 5.41) is 2.76. The van der Waals surface area contributed by atoms with Gasteiger partial charge in [0.2, 0.25) is 0 Å². The van der Waals surface area contributed by atoms with Crippen LogP contribution < -0.4 is 5.56 Å². The predicted octanol–water partition coefficient (Wildman–Crippen LogP) is 4.94. The van der Waals surface area contributed by atoms with Gasteiger partial charge < -0.3 is 9.40 Å². The van der Waals surface area contributed by atoms with Gasteiger partial charge in [-0.2, -0.15) is 0 Å². The molecular weight excluding hydrogens is 346 g/mol. The van der Waals surface area contributed by atoms with Gasteiger partial charge in [0.25, 0.3) is 5.56 Å². The van der Waals surface area contributed by atoms with Crippen molar-refractivity contribution < 1.29 is 4.42 Å². The van der Waals surface area contributed by atoms with Crippen molar-refractivity contribution in [3.63, 3.8) is 0 Å². The molecule has 0 atom stereocenters. The van der Waals surface area contributed by atoms with E-state index in [0.29, 0.717) is 11.3 Å². The number of nitrogens with zero attached hydrogens (tertiary/aromatic N) is 2. The van der Waals surface area contributed by atoms with E-state index in [2.05, 4.69) is 15.0 Å². The smallest absolute Gasteiger partial charge is 0.257 e. The van der Waals surface area contributed by atoms with E-state index in [4.69, 9.17) is 4.42 Å². The molecule has 6 heteroatoms. The fourth-order valence-electron chi connectivity index (χ4n) is 2.85. The highest BCUT2D eigenvalue weighted by Crippen LogP contribution is 2.32. The summed E-state index contributed by atoms with van der Waals surface area (Å²) in [6.45, 7) is 4.09. The number of aromatic nitrogens is 3. The van der Waals surface area contributed by atoms with Crippen LogP contribution in [0.4, 0.5) is 0 Å². The molecule has 4 heterocycles. The lowest BCUT2D eigenvalue weighted by Gasteiger charge is -2.12. The number of rotatable bonds is 4. The van der Waals surface area contributed by atoms with Gasteiger partial charge in [-0.3, -0.25) is 9.78 Å². The van der Waals surface area contributed by atoms with Gasteiger partial charge in [0.05, 0.1) is 17.5 Å². The van der Waals surface area contributed by atoms with Crippen LogP contribution >= 0.6 is 11.3 Å². The van der Waals surface area contributed by atoms with Gasteiger partial charge in [-0.05, 0) is 36.2 Å². The van der Waals surface area contributed by atoms with E-state index in [-0.39, 0.29) is 11.5 Å². The molecule has 130 valence electrons. The first kappa shape index (κ1) is 16.5. The van der Waals surface area contributed by atoms with Crippen molar-refractivity contribution in [1.82, 2.24) is 15.0 Å². The molecular formula is C20H17N3O2S. The summed E-state index contributed by atoms with van der Waals surface area (Å²) < 4.78 is 5.57. The highest BCUT2D eigenvalue weighted by Gasteiger charge is 2.17. The van der Waals surface area contributed by atoms with Gasteiger partial charge in [0, 0.05) is 34.6 Å². The van der Waals surface area contributed by atoms with Gasteiger partial charge in [0.15, 0.2) is 0 Å². The van der Waals surface area contributed by atoms with Crippen molar-refractivity contribution in [2.75, 3.05) is 0 Å². The van der Waals surface area contributed by atoms with Crippen LogP contribution in [0.2, 0.25) is 0 Å². The molecule has 0 saturated carbocycles. The van der Waals surface area contributed by atoms with Crippen LogP contribution in [0.25, 0.3) is 33.2 Å². The molecule has 0 radical (unpaired) electrons. The highest BCUT2D eigenvalue weighted by atomic mass is 32.1. The predicted molar refractivity (Wildman–Crippen MR) is 103 cm³/mol. The monoisotopic (exact) mass is 363 g/mol. The van der Waals surface area contributed by atoms with E-state index in [0.717, 1.165) is 27.6 Å². The SMILES string of the molecule is CC(C)c1[nH]c(=O)c(-c2csc(-c3ccncc3)n2)cc1-c1ccco1. The number of aromatic amines is 1. The average Bonchev–Trinajstić information content (AvgIpc) is 3.34. The van der Waals surface area contributed by atoms with Gasteiger partial charge in [-0.1, -0.05) is 13.8 Å². The van der Waals surface area contributed by atoms with Gasteiger partial charge >= 0.3 is 0 Å². The zero-order chi connectivity index (χ0) is 18.1. The van der Waals surface area contributed by atoms with Crippen molar-refractivity contribution in [3.8, 4) is 33.2 Å². The Morgan fingerprint density at radius 1 is 1.15 bits per heavy atom. The van der Waals surface area contributed by atoms with Crippen LogP contribution in [0.1, 0.15) is 25.5 Å². The second-order valence-corrected chi connectivity index (χ2v) is 7.10. The van der Waals surface area contributed by atoms with Crippen molar-refractivity contribution >= 4 is 11.3 Å². The van der Waals surface area contributed by atoms with Gasteiger partial charge in [-0.15, -0.1) is 11.3 Å². The summed E-state index contributed by atoms with van der Waals surface area (Å²) in [7, 11) is 0. The Balaban J connectivity index is 1.84. The number of H-pyrrole nitrogens is 1. The largest absolute Gasteiger partial charge is 0.464 e. The van der Waals surface area contributed by atoms with Crippen LogP contribution in [0.15, 0.2) is 63.6 Å². The topological polar surface area (TPSA) is 71.8 Å². The Bertz CT molecular complexity index is 1080. The summed E-state index contributed by atoms with van der Waals surface area (Å²) in [5.41, 5.74) is 3.79. The van der Waals surface area contributed by atoms with Crippen LogP contribution in [0.5, 0.6) is 0 Å². The molecule has 5 nitrogen and oxygen atoms in total. The highest BCUT2D eigenvalue weighted by molar-refractivity contribution is 7.13. The minimum absolute atomic E-state index is 0.143. The third kappa shape index (κ3) is 2.99. The summed E-state index contributed by atoms with van der Waals surface area (Å²) >= 11 is 1.50. The van der Waals surface area contributed by atoms with Crippen molar-refractivity contribution in [1.29, 1.82) is 0 Å². The Morgan fingerprint density at radius 3 is 2.65 bits per heavy atom. The first-order valence-electron chi connectivity index (χ1n) is 8.31. The quantitative estimate of drug-likeness (QED) is 0.557. The number of thiazole rings is 1. The fourth-order valence-corrected chi connectivity index (χ4v) is 3.68. The molecule has 0 fully saturated rings. The number of hydrogen-bond donors (Lipinski definition) is 1. The number of pyridine rings is 2. The van der Waals surface area contributed by atoms with Gasteiger partial charge in [0.1, 0.15) is 10.8 Å². The van der Waals surface area contributed by atoms with E-state index in [9.17, 15) is 4.79 Å². The maximum Gasteiger partial charge on any atom is 0.257 e. The number of furan rings is 1. The molecule has 0 aliphatic rings. The Labute approximate surface area is 154 Å². The second-order valence-electron chi connectivity index (χ2n) is 6.25. The number of nitrogens with one attached hydrogen (secondary N) is 1. The summed E-state index contributed by atoms with van der Waals surface area (Å²) in [5.74, 6) is 0.899. The molecule has 1 N–H and O–H groups in total. The van der Waals surface area contributed by atoms with Crippen LogP contribution in [0.3, 0.4) is 0 Å². The fraction of sp³-hybridized carbons (Fsp3) is 0.150. The van der Waals surface area contributed by atoms with E-state index < -0.39 is 0 Å². The molecule has 4 rings (SSSR count). The maximum absolute atomic E-state index is 12.7. The summed E-state index contributed by atoms with van der Waals surface area (Å²) in [6.07, 6.45) is 5.10. The first-order valence-corrected chi connectivity index (χ1v) is 9.19. The molecule has 0 aliphatic heterocycles. The normalized spacial score (nSPS) is 11.2. The molecule has 4 aromatic rings. The molecule has 0 bridgehead atoms. The molecule has 0 aromatic carbocycles. The molecule has 0 spiro atoms. The molecule has 0 saturated heterocycles. The molecule has 4 aromatic heterocycles. The third-order valence-corrected chi connectivity index (χ3v) is 5.03. The Kier molecular flexibility index (Phi) is 4.26.